The van der Waals surface area contributed by atoms with E-state index >= 15 is 0 Å². The average molecular weight is 285 g/mol. The Morgan fingerprint density at radius 1 is 1.05 bits per heavy atom. The van der Waals surface area contributed by atoms with E-state index < -0.39 is 5.82 Å². The second-order valence-corrected chi connectivity index (χ2v) is 5.98. The van der Waals surface area contributed by atoms with Crippen molar-refractivity contribution in [3.05, 3.63) is 47.8 Å². The van der Waals surface area contributed by atoms with E-state index in [1.54, 1.807) is 0 Å². The lowest BCUT2D eigenvalue weighted by Gasteiger charge is -2.35. The van der Waals surface area contributed by atoms with Gasteiger partial charge in [-0.1, -0.05) is 24.3 Å². The molecular formula is C17H20FN3. The van der Waals surface area contributed by atoms with E-state index in [0.717, 1.165) is 19.3 Å². The van der Waals surface area contributed by atoms with Gasteiger partial charge in [-0.15, -0.1) is 0 Å². The molecule has 1 aromatic carbocycles. The van der Waals surface area contributed by atoms with Gasteiger partial charge in [0.05, 0.1) is 5.69 Å². The summed E-state index contributed by atoms with van der Waals surface area (Å²) >= 11 is 0. The number of allylic oxidation sites excluding steroid dienone is 4. The maximum absolute atomic E-state index is 13.4. The molecule has 0 saturated heterocycles. The van der Waals surface area contributed by atoms with Crippen LogP contribution in [0, 0.1) is 29.0 Å². The number of nitrogen functional groups attached to an aromatic ring is 2. The number of fused-ring (bicyclic) bond motifs is 1. The smallest absolute Gasteiger partial charge is 0.148 e. The van der Waals surface area contributed by atoms with Crippen LogP contribution < -0.4 is 11.5 Å². The van der Waals surface area contributed by atoms with Crippen molar-refractivity contribution in [3.8, 4) is 0 Å². The van der Waals surface area contributed by atoms with Crippen LogP contribution in [0.15, 0.2) is 36.4 Å². The standard InChI is InChI=1S/C17H20FN3/c18-14-9-15(19)13(8-16(14)20)17(21)12-6-5-10-3-1-2-4-11(10)7-12/h1-4,8-12,21H,5-7,19-20H2/t10-,11?,12?/m0/s1. The lowest BCUT2D eigenvalue weighted by atomic mass is 9.70. The molecule has 2 aliphatic carbocycles. The summed E-state index contributed by atoms with van der Waals surface area (Å²) in [5.41, 5.74) is 12.9. The summed E-state index contributed by atoms with van der Waals surface area (Å²) < 4.78 is 13.4. The molecule has 0 spiro atoms. The molecule has 0 amide bonds. The second kappa shape index (κ2) is 5.35. The monoisotopic (exact) mass is 285 g/mol. The van der Waals surface area contributed by atoms with Crippen molar-refractivity contribution in [1.29, 1.82) is 5.41 Å². The molecule has 0 bridgehead atoms. The molecule has 21 heavy (non-hydrogen) atoms. The van der Waals surface area contributed by atoms with Crippen LogP contribution in [-0.4, -0.2) is 5.71 Å². The highest BCUT2D eigenvalue weighted by atomic mass is 19.1. The van der Waals surface area contributed by atoms with E-state index in [1.807, 2.05) is 0 Å². The molecule has 0 aromatic heterocycles. The molecule has 2 unspecified atom stereocenters. The Hall–Kier alpha value is -2.10. The molecule has 3 nitrogen and oxygen atoms in total. The fraction of sp³-hybridized carbons (Fsp3) is 0.353. The average Bonchev–Trinajstić information content (AvgIpc) is 2.50. The van der Waals surface area contributed by atoms with Gasteiger partial charge in [-0.05, 0) is 43.2 Å². The predicted octanol–water partition coefficient (Wildman–Crippen LogP) is 3.52. The molecule has 3 rings (SSSR count). The molecule has 3 atom stereocenters. The number of benzene rings is 1. The minimum absolute atomic E-state index is 0.0538. The van der Waals surface area contributed by atoms with E-state index in [1.165, 1.54) is 12.1 Å². The van der Waals surface area contributed by atoms with E-state index in [9.17, 15) is 4.39 Å². The van der Waals surface area contributed by atoms with Gasteiger partial charge in [-0.2, -0.15) is 0 Å². The van der Waals surface area contributed by atoms with Crippen LogP contribution in [0.3, 0.4) is 0 Å². The Bertz CT molecular complexity index is 633. The first-order valence-electron chi connectivity index (χ1n) is 7.34. The molecule has 1 saturated carbocycles. The van der Waals surface area contributed by atoms with E-state index in [4.69, 9.17) is 16.9 Å². The Labute approximate surface area is 124 Å². The number of hydrogen-bond donors (Lipinski definition) is 3. The Kier molecular flexibility index (Phi) is 3.53. The van der Waals surface area contributed by atoms with Crippen LogP contribution in [0.2, 0.25) is 0 Å². The van der Waals surface area contributed by atoms with Crippen LogP contribution in [0.4, 0.5) is 15.8 Å². The van der Waals surface area contributed by atoms with Crippen LogP contribution in [0.5, 0.6) is 0 Å². The van der Waals surface area contributed by atoms with E-state index in [2.05, 4.69) is 24.3 Å². The van der Waals surface area contributed by atoms with E-state index in [0.29, 0.717) is 28.8 Å². The topological polar surface area (TPSA) is 75.9 Å². The summed E-state index contributed by atoms with van der Waals surface area (Å²) in [4.78, 5) is 0. The third-order valence-corrected chi connectivity index (χ3v) is 4.65. The predicted molar refractivity (Wildman–Crippen MR) is 84.7 cm³/mol. The summed E-state index contributed by atoms with van der Waals surface area (Å²) in [6.45, 7) is 0. The van der Waals surface area contributed by atoms with Crippen molar-refractivity contribution in [2.75, 3.05) is 11.5 Å². The Morgan fingerprint density at radius 2 is 1.76 bits per heavy atom. The first-order chi connectivity index (χ1) is 10.1. The maximum atomic E-state index is 13.4. The molecule has 0 heterocycles. The Balaban J connectivity index is 1.81. The highest BCUT2D eigenvalue weighted by Crippen LogP contribution is 2.39. The summed E-state index contributed by atoms with van der Waals surface area (Å²) in [5.74, 6) is 0.727. The molecular weight excluding hydrogens is 265 g/mol. The summed E-state index contributed by atoms with van der Waals surface area (Å²) in [5, 5.41) is 8.44. The zero-order valence-electron chi connectivity index (χ0n) is 11.9. The van der Waals surface area contributed by atoms with Gasteiger partial charge in [0.1, 0.15) is 5.82 Å². The lowest BCUT2D eigenvalue weighted by molar-refractivity contribution is 0.296. The largest absolute Gasteiger partial charge is 0.398 e. The fourth-order valence-electron chi connectivity index (χ4n) is 3.42. The molecule has 0 radical (unpaired) electrons. The summed E-state index contributed by atoms with van der Waals surface area (Å²) in [7, 11) is 0. The number of rotatable bonds is 2. The summed E-state index contributed by atoms with van der Waals surface area (Å²) in [6.07, 6.45) is 11.7. The quantitative estimate of drug-likeness (QED) is 0.574. The van der Waals surface area contributed by atoms with E-state index in [-0.39, 0.29) is 11.6 Å². The zero-order chi connectivity index (χ0) is 15.0. The zero-order valence-corrected chi connectivity index (χ0v) is 11.9. The van der Waals surface area contributed by atoms with Crippen molar-refractivity contribution in [2.24, 2.45) is 17.8 Å². The minimum atomic E-state index is -0.520. The number of halogens is 1. The normalized spacial score (nSPS) is 27.4. The highest BCUT2D eigenvalue weighted by molar-refractivity contribution is 6.04. The van der Waals surface area contributed by atoms with Gasteiger partial charge < -0.3 is 16.9 Å². The van der Waals surface area contributed by atoms with Crippen LogP contribution in [-0.2, 0) is 0 Å². The number of nitrogens with two attached hydrogens (primary N) is 2. The van der Waals surface area contributed by atoms with Crippen molar-refractivity contribution in [1.82, 2.24) is 0 Å². The van der Waals surface area contributed by atoms with Crippen molar-refractivity contribution in [3.63, 3.8) is 0 Å². The van der Waals surface area contributed by atoms with Gasteiger partial charge in [0.2, 0.25) is 0 Å². The van der Waals surface area contributed by atoms with Gasteiger partial charge in [0, 0.05) is 22.9 Å². The van der Waals surface area contributed by atoms with Crippen molar-refractivity contribution in [2.45, 2.75) is 19.3 Å². The van der Waals surface area contributed by atoms with Crippen molar-refractivity contribution >= 4 is 17.1 Å². The molecule has 1 aromatic rings. The van der Waals surface area contributed by atoms with Gasteiger partial charge in [-0.3, -0.25) is 0 Å². The van der Waals surface area contributed by atoms with Crippen LogP contribution in [0.1, 0.15) is 24.8 Å². The van der Waals surface area contributed by atoms with Gasteiger partial charge in [-0.25, -0.2) is 4.39 Å². The SMILES string of the molecule is N=C(c1cc(N)c(F)cc1N)C1CC[C@@H]2C=CC=CC2C1. The lowest BCUT2D eigenvalue weighted by Crippen LogP contribution is -2.28. The molecule has 2 aliphatic rings. The number of hydrogen-bond acceptors (Lipinski definition) is 3. The molecule has 5 N–H and O–H groups in total. The highest BCUT2D eigenvalue weighted by Gasteiger charge is 2.31. The Morgan fingerprint density at radius 3 is 2.52 bits per heavy atom. The minimum Gasteiger partial charge on any atom is -0.398 e. The van der Waals surface area contributed by atoms with Crippen LogP contribution in [0.25, 0.3) is 0 Å². The second-order valence-electron chi connectivity index (χ2n) is 5.98. The molecule has 4 heteroatoms. The molecule has 1 fully saturated rings. The van der Waals surface area contributed by atoms with Gasteiger partial charge in [0.25, 0.3) is 0 Å². The molecule has 110 valence electrons. The van der Waals surface area contributed by atoms with Gasteiger partial charge >= 0.3 is 0 Å². The number of anilines is 2. The number of nitrogens with one attached hydrogen (secondary N) is 1. The maximum Gasteiger partial charge on any atom is 0.148 e. The third-order valence-electron chi connectivity index (χ3n) is 4.65. The van der Waals surface area contributed by atoms with Crippen LogP contribution >= 0.6 is 0 Å². The van der Waals surface area contributed by atoms with Gasteiger partial charge in [0.15, 0.2) is 0 Å². The first kappa shape index (κ1) is 13.9. The first-order valence-corrected chi connectivity index (χ1v) is 7.34. The fourth-order valence-corrected chi connectivity index (χ4v) is 3.42. The molecule has 0 aliphatic heterocycles. The third kappa shape index (κ3) is 2.58. The van der Waals surface area contributed by atoms with Crippen molar-refractivity contribution < 1.29 is 4.39 Å². The summed E-state index contributed by atoms with van der Waals surface area (Å²) in [6, 6.07) is 2.71.